The fraction of sp³-hybridized carbons (Fsp3) is 0.0370. The molecule has 11 heteroatoms. The van der Waals surface area contributed by atoms with E-state index in [-0.39, 0.29) is 0 Å². The second-order valence-corrected chi connectivity index (χ2v) is 16.3. The van der Waals surface area contributed by atoms with E-state index in [1.54, 1.807) is 0 Å². The molecule has 0 unspecified atom stereocenters. The van der Waals surface area contributed by atoms with Crippen LogP contribution in [0.15, 0.2) is 186 Å². The van der Waals surface area contributed by atoms with Gasteiger partial charge >= 0.3 is 12.4 Å². The molecule has 0 aliphatic carbocycles. The van der Waals surface area contributed by atoms with Gasteiger partial charge in [0.1, 0.15) is 16.9 Å². The molecule has 0 radical (unpaired) electrons. The molecule has 5 heterocycles. The summed E-state index contributed by atoms with van der Waals surface area (Å²) in [7, 11) is 0. The Bertz CT molecular complexity index is 4080. The number of fused-ring (bicyclic) bond motifs is 13. The van der Waals surface area contributed by atoms with Gasteiger partial charge in [0, 0.05) is 60.2 Å². The minimum Gasteiger partial charge on any atom is -0.454 e. The Kier molecular flexibility index (Phi) is 7.58. The highest BCUT2D eigenvalue weighted by Gasteiger charge is 2.32. The second kappa shape index (κ2) is 13.2. The normalized spacial score (nSPS) is 12.8. The number of nitrogens with zero attached hydrogens (tertiary/aromatic N) is 4. The van der Waals surface area contributed by atoms with Crippen LogP contribution < -0.4 is 0 Å². The van der Waals surface area contributed by atoms with Crippen molar-refractivity contribution in [2.75, 3.05) is 0 Å². The van der Waals surface area contributed by atoms with E-state index < -0.39 is 23.5 Å². The molecule has 0 bridgehead atoms. The maximum absolute atomic E-state index is 13.8. The average molecular weight is 865 g/mol. The van der Waals surface area contributed by atoms with Gasteiger partial charge in [-0.15, -0.1) is 0 Å². The van der Waals surface area contributed by atoms with Crippen molar-refractivity contribution in [2.45, 2.75) is 12.4 Å². The number of para-hydroxylation sites is 5. The zero-order valence-electron chi connectivity index (χ0n) is 33.8. The summed E-state index contributed by atoms with van der Waals surface area (Å²) in [5, 5.41) is 7.52. The number of furan rings is 1. The first-order valence-electron chi connectivity index (χ1n) is 20.9. The van der Waals surface area contributed by atoms with Gasteiger partial charge in [0.05, 0.1) is 38.9 Å². The van der Waals surface area contributed by atoms with E-state index in [2.05, 4.69) is 33.4 Å². The molecule has 0 atom stereocenters. The Hall–Kier alpha value is -8.18. The molecule has 0 saturated heterocycles. The van der Waals surface area contributed by atoms with Crippen LogP contribution in [0.25, 0.3) is 110 Å². The van der Waals surface area contributed by atoms with Crippen LogP contribution in [-0.4, -0.2) is 18.3 Å². The van der Waals surface area contributed by atoms with Crippen molar-refractivity contribution in [3.63, 3.8) is 0 Å². The molecule has 65 heavy (non-hydrogen) atoms. The van der Waals surface area contributed by atoms with Gasteiger partial charge in [0.25, 0.3) is 0 Å². The van der Waals surface area contributed by atoms with Gasteiger partial charge in [-0.1, -0.05) is 84.9 Å². The molecule has 0 N–H and O–H groups in total. The van der Waals surface area contributed by atoms with Gasteiger partial charge in [-0.25, -0.2) is 0 Å². The molecular formula is C54H30F6N4O. The first-order chi connectivity index (χ1) is 31.5. The van der Waals surface area contributed by atoms with Crippen molar-refractivity contribution in [3.8, 4) is 22.7 Å². The van der Waals surface area contributed by atoms with Crippen LogP contribution in [0.3, 0.4) is 0 Å². The maximum Gasteiger partial charge on any atom is 0.416 e. The van der Waals surface area contributed by atoms with E-state index in [9.17, 15) is 26.3 Å². The van der Waals surface area contributed by atoms with E-state index >= 15 is 0 Å². The maximum atomic E-state index is 13.8. The first kappa shape index (κ1) is 37.4. The molecule has 0 fully saturated rings. The summed E-state index contributed by atoms with van der Waals surface area (Å²) in [5.41, 5.74) is 7.65. The molecule has 0 aliphatic rings. The largest absolute Gasteiger partial charge is 0.454 e. The average Bonchev–Trinajstić information content (AvgIpc) is 4.11. The molecule has 0 saturated carbocycles. The third-order valence-electron chi connectivity index (χ3n) is 12.8. The lowest BCUT2D eigenvalue weighted by Crippen LogP contribution is -2.06. The lowest BCUT2D eigenvalue weighted by atomic mass is 10.1. The van der Waals surface area contributed by atoms with Crippen LogP contribution in [0.2, 0.25) is 0 Å². The summed E-state index contributed by atoms with van der Waals surface area (Å²) in [5.74, 6) is 0. The predicted octanol–water partition coefficient (Wildman–Crippen LogP) is 15.7. The zero-order chi connectivity index (χ0) is 43.9. The van der Waals surface area contributed by atoms with Crippen molar-refractivity contribution >= 4 is 87.6 Å². The van der Waals surface area contributed by atoms with E-state index in [1.807, 2.05) is 118 Å². The van der Waals surface area contributed by atoms with Crippen molar-refractivity contribution in [2.24, 2.45) is 0 Å². The van der Waals surface area contributed by atoms with Gasteiger partial charge in [-0.2, -0.15) is 26.3 Å². The summed E-state index contributed by atoms with van der Waals surface area (Å²) in [4.78, 5) is 0. The van der Waals surface area contributed by atoms with Crippen molar-refractivity contribution in [3.05, 3.63) is 193 Å². The number of halogens is 6. The molecule has 5 aromatic heterocycles. The first-order valence-corrected chi connectivity index (χ1v) is 20.9. The minimum absolute atomic E-state index is 0.577. The van der Waals surface area contributed by atoms with E-state index in [0.717, 1.165) is 112 Å². The van der Waals surface area contributed by atoms with Crippen LogP contribution in [-0.2, 0) is 12.4 Å². The van der Waals surface area contributed by atoms with E-state index in [0.29, 0.717) is 22.5 Å². The summed E-state index contributed by atoms with van der Waals surface area (Å²) in [6, 6.07) is 54.6. The SMILES string of the molecule is FC(F)(F)c1ccc(-n2c3ccccc3c3c4ccccc4n(-c4ccc5oc6c(-n7c8ccccc8c8c9ccccc9n(-c9ccc(C(F)(F)F)cc9)c87)cccc6c5c4)c32)cc1. The molecule has 0 spiro atoms. The van der Waals surface area contributed by atoms with Crippen LogP contribution in [0.5, 0.6) is 0 Å². The van der Waals surface area contributed by atoms with Crippen LogP contribution >= 0.6 is 0 Å². The summed E-state index contributed by atoms with van der Waals surface area (Å²) in [6.45, 7) is 0. The smallest absolute Gasteiger partial charge is 0.416 e. The third kappa shape index (κ3) is 5.29. The monoisotopic (exact) mass is 864 g/mol. The molecule has 13 aromatic rings. The Morgan fingerprint density at radius 3 is 1.18 bits per heavy atom. The van der Waals surface area contributed by atoms with Crippen molar-refractivity contribution in [1.29, 1.82) is 0 Å². The molecule has 8 aromatic carbocycles. The van der Waals surface area contributed by atoms with Gasteiger partial charge in [0.15, 0.2) is 5.58 Å². The molecular weight excluding hydrogens is 835 g/mol. The Balaban J connectivity index is 1.07. The van der Waals surface area contributed by atoms with Gasteiger partial charge in [-0.3, -0.25) is 18.3 Å². The topological polar surface area (TPSA) is 32.9 Å². The number of hydrogen-bond acceptors (Lipinski definition) is 1. The molecule has 0 aliphatic heterocycles. The van der Waals surface area contributed by atoms with Crippen molar-refractivity contribution in [1.82, 2.24) is 18.3 Å². The highest BCUT2D eigenvalue weighted by Crippen LogP contribution is 2.45. The molecule has 0 amide bonds. The Labute approximate surface area is 363 Å². The van der Waals surface area contributed by atoms with Crippen LogP contribution in [0.1, 0.15) is 11.1 Å². The number of hydrogen-bond donors (Lipinski definition) is 0. The fourth-order valence-electron chi connectivity index (χ4n) is 10.1. The second-order valence-electron chi connectivity index (χ2n) is 16.3. The lowest BCUT2D eigenvalue weighted by molar-refractivity contribution is -0.138. The van der Waals surface area contributed by atoms with Crippen LogP contribution in [0.4, 0.5) is 26.3 Å². The number of alkyl halides is 6. The fourth-order valence-corrected chi connectivity index (χ4v) is 10.1. The summed E-state index contributed by atoms with van der Waals surface area (Å²) in [6.07, 6.45) is -8.96. The quantitative estimate of drug-likeness (QED) is 0.162. The van der Waals surface area contributed by atoms with Crippen LogP contribution in [0, 0.1) is 0 Å². The molecule has 13 rings (SSSR count). The molecule has 5 nitrogen and oxygen atoms in total. The Morgan fingerprint density at radius 2 is 0.723 bits per heavy atom. The zero-order valence-corrected chi connectivity index (χ0v) is 33.8. The van der Waals surface area contributed by atoms with Gasteiger partial charge in [-0.05, 0) is 97.1 Å². The van der Waals surface area contributed by atoms with Gasteiger partial charge in [0.2, 0.25) is 0 Å². The Morgan fingerprint density at radius 1 is 0.338 bits per heavy atom. The van der Waals surface area contributed by atoms with Gasteiger partial charge < -0.3 is 4.42 Å². The predicted molar refractivity (Wildman–Crippen MR) is 246 cm³/mol. The van der Waals surface area contributed by atoms with Crippen molar-refractivity contribution < 1.29 is 30.8 Å². The third-order valence-corrected chi connectivity index (χ3v) is 12.8. The lowest BCUT2D eigenvalue weighted by Gasteiger charge is -2.14. The van der Waals surface area contributed by atoms with E-state index in [1.165, 1.54) is 24.3 Å². The minimum atomic E-state index is -4.48. The number of aromatic nitrogens is 4. The highest BCUT2D eigenvalue weighted by molar-refractivity contribution is 6.24. The van der Waals surface area contributed by atoms with E-state index in [4.69, 9.17) is 4.42 Å². The summed E-state index contributed by atoms with van der Waals surface area (Å²) >= 11 is 0. The number of rotatable bonds is 4. The molecule has 314 valence electrons. The highest BCUT2D eigenvalue weighted by atomic mass is 19.4. The summed E-state index contributed by atoms with van der Waals surface area (Å²) < 4.78 is 97.9. The number of benzene rings is 8. The standard InChI is InChI=1S/C54H30F6N4O/c55-53(56,57)31-20-24-33(25-21-31)61-42-15-5-1-10-37(42)48-39-12-3-7-17-44(39)63(51(48)61)35-28-29-47-41(30-35)36-14-9-19-46(50(36)65-47)64-45-18-8-4-13-40(45)49-38-11-2-6-16-43(38)62(52(49)64)34-26-22-32(23-27-34)54(58,59)60/h1-30H.